The van der Waals surface area contributed by atoms with Gasteiger partial charge in [-0.3, -0.25) is 19.8 Å². The Kier molecular flexibility index (Phi) is 4.52. The Bertz CT molecular complexity index is 853. The number of nitrogens with one attached hydrogen (secondary N) is 1. The van der Waals surface area contributed by atoms with Gasteiger partial charge in [0.15, 0.2) is 12.4 Å². The van der Waals surface area contributed by atoms with E-state index < -0.39 is 22.6 Å². The molecular weight excluding hydrogens is 352 g/mol. The summed E-state index contributed by atoms with van der Waals surface area (Å²) in [6, 6.07) is 2.51. The SMILES string of the molecule is CCc1nnc(NC(=O)CN2C(=O)COc3ccc([N+](=O)[O-])nc32)s1. The molecule has 0 unspecified atom stereocenters. The van der Waals surface area contributed by atoms with Crippen molar-refractivity contribution in [3.05, 3.63) is 27.3 Å². The molecular formula is C13H12N6O5S. The summed E-state index contributed by atoms with van der Waals surface area (Å²) in [4.78, 5) is 39.3. The molecule has 0 aromatic carbocycles. The molecule has 0 fully saturated rings. The molecule has 0 aliphatic carbocycles. The average Bonchev–Trinajstić information content (AvgIpc) is 3.04. The maximum atomic E-state index is 12.2. The molecule has 0 radical (unpaired) electrons. The van der Waals surface area contributed by atoms with E-state index in [1.807, 2.05) is 6.92 Å². The van der Waals surface area contributed by atoms with Crippen LogP contribution in [-0.4, -0.2) is 45.1 Å². The third-order valence-corrected chi connectivity index (χ3v) is 4.22. The standard InChI is InChI=1S/C13H12N6O5S/c1-2-10-16-17-13(25-10)15-9(20)5-18-11(21)6-24-7-3-4-8(19(22)23)14-12(7)18/h3-4H,2,5-6H2,1H3,(H,15,17,20). The Morgan fingerprint density at radius 1 is 1.48 bits per heavy atom. The number of hydrogen-bond acceptors (Lipinski definition) is 9. The van der Waals surface area contributed by atoms with Crippen molar-refractivity contribution in [1.29, 1.82) is 0 Å². The van der Waals surface area contributed by atoms with Crippen molar-refractivity contribution in [3.63, 3.8) is 0 Å². The lowest BCUT2D eigenvalue weighted by molar-refractivity contribution is -0.389. The predicted molar refractivity (Wildman–Crippen MR) is 86.7 cm³/mol. The predicted octanol–water partition coefficient (Wildman–Crippen LogP) is 0.768. The van der Waals surface area contributed by atoms with Gasteiger partial charge < -0.3 is 14.9 Å². The lowest BCUT2D eigenvalue weighted by Crippen LogP contribution is -2.44. The third-order valence-electron chi connectivity index (χ3n) is 3.24. The van der Waals surface area contributed by atoms with Crippen molar-refractivity contribution < 1.29 is 19.2 Å². The van der Waals surface area contributed by atoms with E-state index >= 15 is 0 Å². The fourth-order valence-electron chi connectivity index (χ4n) is 2.08. The van der Waals surface area contributed by atoms with E-state index in [4.69, 9.17) is 4.74 Å². The molecule has 12 heteroatoms. The third kappa shape index (κ3) is 3.52. The number of aromatic nitrogens is 3. The minimum Gasteiger partial charge on any atom is -0.477 e. The van der Waals surface area contributed by atoms with Crippen molar-refractivity contribution in [1.82, 2.24) is 15.2 Å². The van der Waals surface area contributed by atoms with E-state index in [0.29, 0.717) is 11.6 Å². The highest BCUT2D eigenvalue weighted by atomic mass is 32.1. The first-order valence-corrected chi connectivity index (χ1v) is 8.00. The van der Waals surface area contributed by atoms with Crippen molar-refractivity contribution in [2.75, 3.05) is 23.4 Å². The zero-order chi connectivity index (χ0) is 18.0. The van der Waals surface area contributed by atoms with Gasteiger partial charge >= 0.3 is 5.82 Å². The molecule has 3 rings (SSSR count). The first kappa shape index (κ1) is 16.7. The number of fused-ring (bicyclic) bond motifs is 1. The number of anilines is 2. The minimum atomic E-state index is -0.689. The average molecular weight is 364 g/mol. The van der Waals surface area contributed by atoms with Gasteiger partial charge in [-0.25, -0.2) is 0 Å². The van der Waals surface area contributed by atoms with E-state index in [9.17, 15) is 19.7 Å². The molecule has 0 spiro atoms. The number of ether oxygens (including phenoxy) is 1. The topological polar surface area (TPSA) is 140 Å². The van der Waals surface area contributed by atoms with Crippen LogP contribution in [0.3, 0.4) is 0 Å². The van der Waals surface area contributed by atoms with Gasteiger partial charge in [-0.1, -0.05) is 18.3 Å². The smallest absolute Gasteiger partial charge is 0.366 e. The highest BCUT2D eigenvalue weighted by molar-refractivity contribution is 7.15. The van der Waals surface area contributed by atoms with Crippen LogP contribution < -0.4 is 15.0 Å². The lowest BCUT2D eigenvalue weighted by atomic mass is 10.3. The monoisotopic (exact) mass is 364 g/mol. The number of carbonyl (C=O) groups is 2. The summed E-state index contributed by atoms with van der Waals surface area (Å²) >= 11 is 1.23. The summed E-state index contributed by atoms with van der Waals surface area (Å²) < 4.78 is 5.19. The molecule has 0 atom stereocenters. The molecule has 2 aromatic heterocycles. The minimum absolute atomic E-state index is 0.0629. The molecule has 1 aliphatic rings. The van der Waals surface area contributed by atoms with Crippen LogP contribution in [0.2, 0.25) is 0 Å². The molecule has 130 valence electrons. The highest BCUT2D eigenvalue weighted by Crippen LogP contribution is 2.31. The molecule has 0 saturated carbocycles. The van der Waals surface area contributed by atoms with Gasteiger partial charge in [0.2, 0.25) is 11.0 Å². The highest BCUT2D eigenvalue weighted by Gasteiger charge is 2.33. The Morgan fingerprint density at radius 3 is 2.96 bits per heavy atom. The Morgan fingerprint density at radius 2 is 2.28 bits per heavy atom. The number of nitro groups is 1. The second-order valence-corrected chi connectivity index (χ2v) is 5.98. The molecule has 1 aliphatic heterocycles. The van der Waals surface area contributed by atoms with Gasteiger partial charge in [-0.05, 0) is 22.4 Å². The normalized spacial score (nSPS) is 13.2. The number of hydrogen-bond donors (Lipinski definition) is 1. The molecule has 0 saturated heterocycles. The number of nitrogens with zero attached hydrogens (tertiary/aromatic N) is 5. The summed E-state index contributed by atoms with van der Waals surface area (Å²) in [5, 5.41) is 22.2. The molecule has 2 amide bonds. The molecule has 11 nitrogen and oxygen atoms in total. The summed E-state index contributed by atoms with van der Waals surface area (Å²) in [5.74, 6) is -1.36. The van der Waals surface area contributed by atoms with Crippen molar-refractivity contribution >= 4 is 39.9 Å². The number of amides is 2. The van der Waals surface area contributed by atoms with E-state index in [2.05, 4.69) is 20.5 Å². The molecule has 0 bridgehead atoms. The first-order valence-electron chi connectivity index (χ1n) is 7.18. The summed E-state index contributed by atoms with van der Waals surface area (Å²) in [6.07, 6.45) is 0.691. The maximum Gasteiger partial charge on any atom is 0.366 e. The lowest BCUT2D eigenvalue weighted by Gasteiger charge is -2.24. The van der Waals surface area contributed by atoms with E-state index in [0.717, 1.165) is 9.91 Å². The fourth-order valence-corrected chi connectivity index (χ4v) is 2.78. The van der Waals surface area contributed by atoms with Gasteiger partial charge in [0.05, 0.1) is 0 Å². The van der Waals surface area contributed by atoms with Crippen molar-refractivity contribution in [2.45, 2.75) is 13.3 Å². The number of carbonyl (C=O) groups excluding carboxylic acids is 2. The fraction of sp³-hybridized carbons (Fsp3) is 0.308. The summed E-state index contributed by atoms with van der Waals surface area (Å²) in [7, 11) is 0. The van der Waals surface area contributed by atoms with Gasteiger partial charge in [-0.15, -0.1) is 10.2 Å². The van der Waals surface area contributed by atoms with Crippen LogP contribution in [0.1, 0.15) is 11.9 Å². The zero-order valence-electron chi connectivity index (χ0n) is 13.0. The zero-order valence-corrected chi connectivity index (χ0v) is 13.8. The largest absolute Gasteiger partial charge is 0.477 e. The van der Waals surface area contributed by atoms with E-state index in [1.165, 1.54) is 23.5 Å². The van der Waals surface area contributed by atoms with Gasteiger partial charge in [0.25, 0.3) is 11.7 Å². The number of pyridine rings is 1. The van der Waals surface area contributed by atoms with Crippen LogP contribution in [-0.2, 0) is 16.0 Å². The van der Waals surface area contributed by atoms with Gasteiger partial charge in [0.1, 0.15) is 11.6 Å². The maximum absolute atomic E-state index is 12.2. The number of aryl methyl sites for hydroxylation is 1. The van der Waals surface area contributed by atoms with Gasteiger partial charge in [-0.2, -0.15) is 0 Å². The second kappa shape index (κ2) is 6.76. The molecule has 1 N–H and O–H groups in total. The van der Waals surface area contributed by atoms with Gasteiger partial charge in [0, 0.05) is 6.07 Å². The van der Waals surface area contributed by atoms with Crippen LogP contribution in [0.4, 0.5) is 16.8 Å². The molecule has 3 heterocycles. The number of rotatable bonds is 5. The van der Waals surface area contributed by atoms with Crippen molar-refractivity contribution in [2.24, 2.45) is 0 Å². The second-order valence-electron chi connectivity index (χ2n) is 4.92. The Hall–Kier alpha value is -3.15. The van der Waals surface area contributed by atoms with Crippen LogP contribution in [0, 0.1) is 10.1 Å². The van der Waals surface area contributed by atoms with E-state index in [1.54, 1.807) is 0 Å². The Labute approximate surface area is 144 Å². The van der Waals surface area contributed by atoms with Crippen LogP contribution in [0.15, 0.2) is 12.1 Å². The Balaban J connectivity index is 1.79. The first-order chi connectivity index (χ1) is 12.0. The summed E-state index contributed by atoms with van der Waals surface area (Å²) in [6.45, 7) is 1.26. The van der Waals surface area contributed by atoms with Crippen LogP contribution in [0.25, 0.3) is 0 Å². The van der Waals surface area contributed by atoms with E-state index in [-0.39, 0.29) is 24.7 Å². The van der Waals surface area contributed by atoms with Crippen LogP contribution in [0.5, 0.6) is 5.75 Å². The molecule has 25 heavy (non-hydrogen) atoms. The summed E-state index contributed by atoms with van der Waals surface area (Å²) in [5.41, 5.74) is 0. The van der Waals surface area contributed by atoms with Crippen molar-refractivity contribution in [3.8, 4) is 5.75 Å². The molecule has 2 aromatic rings. The van der Waals surface area contributed by atoms with Crippen LogP contribution >= 0.6 is 11.3 Å². The quantitative estimate of drug-likeness (QED) is 0.606.